The highest BCUT2D eigenvalue weighted by atomic mass is 16.5. The second-order valence-electron chi connectivity index (χ2n) is 4.06. The molecule has 0 saturated heterocycles. The lowest BCUT2D eigenvalue weighted by Gasteiger charge is -2.06. The van der Waals surface area contributed by atoms with E-state index in [1.807, 2.05) is 29.8 Å². The first-order valence-electron chi connectivity index (χ1n) is 5.83. The Hall–Kier alpha value is -2.97. The van der Waals surface area contributed by atoms with Crippen molar-refractivity contribution in [2.45, 2.75) is 6.92 Å². The molecule has 0 aliphatic heterocycles. The molecule has 3 aromatic heterocycles. The van der Waals surface area contributed by atoms with E-state index in [9.17, 15) is 4.79 Å². The summed E-state index contributed by atoms with van der Waals surface area (Å²) < 4.78 is 7.30. The van der Waals surface area contributed by atoms with Gasteiger partial charge in [0.1, 0.15) is 0 Å². The maximum atomic E-state index is 11.6. The molecule has 0 aromatic carbocycles. The van der Waals surface area contributed by atoms with Crippen LogP contribution >= 0.6 is 0 Å². The van der Waals surface area contributed by atoms with Gasteiger partial charge in [0.25, 0.3) is 11.9 Å². The Labute approximate surface area is 113 Å². The molecule has 0 atom stereocenters. The van der Waals surface area contributed by atoms with Crippen molar-refractivity contribution in [3.8, 4) is 5.75 Å². The molecule has 20 heavy (non-hydrogen) atoms. The summed E-state index contributed by atoms with van der Waals surface area (Å²) in [5.41, 5.74) is 1.54. The number of H-pyrrole nitrogens is 1. The Morgan fingerprint density at radius 1 is 1.55 bits per heavy atom. The third kappa shape index (κ3) is 2.41. The number of imidazole rings is 1. The third-order valence-corrected chi connectivity index (χ3v) is 2.52. The smallest absolute Gasteiger partial charge is 0.269 e. The number of fused-ring (bicyclic) bond motifs is 1. The van der Waals surface area contributed by atoms with Gasteiger partial charge in [-0.15, -0.1) is 5.10 Å². The number of rotatable bonds is 4. The minimum atomic E-state index is -0.378. The molecule has 0 fully saturated rings. The van der Waals surface area contributed by atoms with Crippen LogP contribution in [0.2, 0.25) is 0 Å². The molecule has 9 nitrogen and oxygen atoms in total. The van der Waals surface area contributed by atoms with E-state index in [0.717, 1.165) is 5.69 Å². The van der Waals surface area contributed by atoms with Gasteiger partial charge >= 0.3 is 0 Å². The summed E-state index contributed by atoms with van der Waals surface area (Å²) in [7, 11) is 0. The standard InChI is InChI=1S/C11H11N7O2/c1-7-5-18-4-2-3-8(10(18)12-7)20-6-9(19)13-11-14-16-17-15-11/h2-5H,6H2,1H3,(H2,13,14,15,16,17,19). The molecular weight excluding hydrogens is 262 g/mol. The number of tetrazole rings is 1. The van der Waals surface area contributed by atoms with E-state index in [0.29, 0.717) is 11.4 Å². The number of carbonyl (C=O) groups is 1. The Morgan fingerprint density at radius 3 is 3.25 bits per heavy atom. The molecule has 0 spiro atoms. The highest BCUT2D eigenvalue weighted by Gasteiger charge is 2.09. The third-order valence-electron chi connectivity index (χ3n) is 2.52. The average Bonchev–Trinajstić information content (AvgIpc) is 3.04. The van der Waals surface area contributed by atoms with E-state index in [4.69, 9.17) is 4.74 Å². The largest absolute Gasteiger partial charge is 0.480 e. The monoisotopic (exact) mass is 273 g/mol. The first kappa shape index (κ1) is 12.1. The van der Waals surface area contributed by atoms with Crippen LogP contribution in [-0.4, -0.2) is 42.5 Å². The number of nitrogens with one attached hydrogen (secondary N) is 2. The summed E-state index contributed by atoms with van der Waals surface area (Å²) in [5.74, 6) is 0.258. The minimum Gasteiger partial charge on any atom is -0.480 e. The van der Waals surface area contributed by atoms with Gasteiger partial charge < -0.3 is 9.14 Å². The van der Waals surface area contributed by atoms with Crippen LogP contribution in [0.5, 0.6) is 5.75 Å². The number of aryl methyl sites for hydroxylation is 1. The van der Waals surface area contributed by atoms with Crippen molar-refractivity contribution in [3.05, 3.63) is 30.2 Å². The molecule has 0 radical (unpaired) electrons. The zero-order valence-electron chi connectivity index (χ0n) is 10.6. The number of nitrogens with zero attached hydrogens (tertiary/aromatic N) is 5. The Balaban J connectivity index is 1.69. The maximum Gasteiger partial charge on any atom is 0.269 e. The number of aromatic amines is 1. The lowest BCUT2D eigenvalue weighted by Crippen LogP contribution is -2.21. The molecule has 3 aromatic rings. The number of hydrogen-bond acceptors (Lipinski definition) is 6. The first-order valence-corrected chi connectivity index (χ1v) is 5.83. The highest BCUT2D eigenvalue weighted by molar-refractivity contribution is 5.90. The molecule has 1 amide bonds. The van der Waals surface area contributed by atoms with Gasteiger partial charge in [-0.25, -0.2) is 4.98 Å². The SMILES string of the molecule is Cc1cn2cccc(OCC(=O)Nc3nn[nH]n3)c2n1. The second-order valence-corrected chi connectivity index (χ2v) is 4.06. The van der Waals surface area contributed by atoms with Crippen molar-refractivity contribution < 1.29 is 9.53 Å². The molecule has 3 heterocycles. The number of aromatic nitrogens is 6. The number of amides is 1. The van der Waals surface area contributed by atoms with Crippen LogP contribution in [0.15, 0.2) is 24.5 Å². The fraction of sp³-hybridized carbons (Fsp3) is 0.182. The lowest BCUT2D eigenvalue weighted by molar-refractivity contribution is -0.118. The Bertz CT molecular complexity index is 734. The van der Waals surface area contributed by atoms with Gasteiger partial charge in [-0.3, -0.25) is 10.1 Å². The molecule has 9 heteroatoms. The number of carbonyl (C=O) groups excluding carboxylic acids is 1. The maximum absolute atomic E-state index is 11.6. The van der Waals surface area contributed by atoms with E-state index in [-0.39, 0.29) is 18.5 Å². The van der Waals surface area contributed by atoms with Crippen LogP contribution in [0, 0.1) is 6.92 Å². The molecule has 2 N–H and O–H groups in total. The summed E-state index contributed by atoms with van der Waals surface area (Å²) in [6.45, 7) is 1.72. The summed E-state index contributed by atoms with van der Waals surface area (Å²) in [4.78, 5) is 16.0. The first-order chi connectivity index (χ1) is 9.72. The van der Waals surface area contributed by atoms with Crippen molar-refractivity contribution >= 4 is 17.5 Å². The van der Waals surface area contributed by atoms with Crippen molar-refractivity contribution in [1.29, 1.82) is 0 Å². The molecule has 102 valence electrons. The van der Waals surface area contributed by atoms with E-state index in [1.165, 1.54) is 0 Å². The van der Waals surface area contributed by atoms with Gasteiger partial charge in [0.2, 0.25) is 0 Å². The topological polar surface area (TPSA) is 110 Å². The average molecular weight is 273 g/mol. The van der Waals surface area contributed by atoms with Crippen LogP contribution in [0.1, 0.15) is 5.69 Å². The second kappa shape index (κ2) is 4.96. The fourth-order valence-corrected chi connectivity index (χ4v) is 1.74. The highest BCUT2D eigenvalue weighted by Crippen LogP contribution is 2.18. The minimum absolute atomic E-state index is 0.105. The Morgan fingerprint density at radius 2 is 2.45 bits per heavy atom. The predicted molar refractivity (Wildman–Crippen MR) is 68.2 cm³/mol. The van der Waals surface area contributed by atoms with Crippen LogP contribution in [0.25, 0.3) is 5.65 Å². The van der Waals surface area contributed by atoms with E-state index < -0.39 is 0 Å². The zero-order valence-corrected chi connectivity index (χ0v) is 10.6. The lowest BCUT2D eigenvalue weighted by atomic mass is 10.4. The number of anilines is 1. The molecule has 0 aliphatic rings. The van der Waals surface area contributed by atoms with E-state index in [1.54, 1.807) is 6.07 Å². The van der Waals surface area contributed by atoms with Crippen molar-refractivity contribution in [2.24, 2.45) is 0 Å². The summed E-state index contributed by atoms with van der Waals surface area (Å²) in [6.07, 6.45) is 3.74. The number of pyridine rings is 1. The molecule has 0 bridgehead atoms. The summed E-state index contributed by atoms with van der Waals surface area (Å²) in [5, 5.41) is 15.2. The fourth-order valence-electron chi connectivity index (χ4n) is 1.74. The molecule has 0 aliphatic carbocycles. The van der Waals surface area contributed by atoms with E-state index >= 15 is 0 Å². The normalized spacial score (nSPS) is 10.7. The van der Waals surface area contributed by atoms with E-state index in [2.05, 4.69) is 30.9 Å². The van der Waals surface area contributed by atoms with Gasteiger partial charge in [-0.1, -0.05) is 5.10 Å². The number of hydrogen-bond donors (Lipinski definition) is 2. The zero-order chi connectivity index (χ0) is 13.9. The molecular formula is C11H11N7O2. The van der Waals surface area contributed by atoms with Crippen molar-refractivity contribution in [3.63, 3.8) is 0 Å². The predicted octanol–water partition coefficient (Wildman–Crippen LogP) is 0.173. The van der Waals surface area contributed by atoms with Gasteiger partial charge in [0, 0.05) is 12.4 Å². The number of ether oxygens (including phenoxy) is 1. The Kier molecular flexibility index (Phi) is 2.99. The quantitative estimate of drug-likeness (QED) is 0.701. The van der Waals surface area contributed by atoms with Crippen molar-refractivity contribution in [2.75, 3.05) is 11.9 Å². The van der Waals surface area contributed by atoms with Gasteiger partial charge in [-0.05, 0) is 24.3 Å². The molecule has 3 rings (SSSR count). The molecule has 0 unspecified atom stereocenters. The van der Waals surface area contributed by atoms with Gasteiger partial charge in [-0.2, -0.15) is 5.21 Å². The van der Waals surface area contributed by atoms with Gasteiger partial charge in [0.15, 0.2) is 18.0 Å². The van der Waals surface area contributed by atoms with Crippen LogP contribution in [0.3, 0.4) is 0 Å². The molecule has 0 saturated carbocycles. The summed E-state index contributed by atoms with van der Waals surface area (Å²) >= 11 is 0. The van der Waals surface area contributed by atoms with Crippen molar-refractivity contribution in [1.82, 2.24) is 30.0 Å². The van der Waals surface area contributed by atoms with Crippen LogP contribution in [0.4, 0.5) is 5.95 Å². The summed E-state index contributed by atoms with van der Waals surface area (Å²) in [6, 6.07) is 3.57. The van der Waals surface area contributed by atoms with Gasteiger partial charge in [0.05, 0.1) is 5.69 Å². The van der Waals surface area contributed by atoms with Crippen LogP contribution < -0.4 is 10.1 Å². The van der Waals surface area contributed by atoms with Crippen LogP contribution in [-0.2, 0) is 4.79 Å².